The van der Waals surface area contributed by atoms with Crippen LogP contribution in [0.1, 0.15) is 18.5 Å². The van der Waals surface area contributed by atoms with Crippen molar-refractivity contribution in [3.63, 3.8) is 0 Å². The molecule has 0 aromatic heterocycles. The Bertz CT molecular complexity index is 794. The number of carbonyl (C=O) groups excluding carboxylic acids is 2. The predicted octanol–water partition coefficient (Wildman–Crippen LogP) is 2.28. The van der Waals surface area contributed by atoms with Gasteiger partial charge in [0.1, 0.15) is 12.3 Å². The third-order valence-electron chi connectivity index (χ3n) is 4.49. The van der Waals surface area contributed by atoms with Crippen molar-refractivity contribution in [2.75, 3.05) is 31.8 Å². The Labute approximate surface area is 164 Å². The summed E-state index contributed by atoms with van der Waals surface area (Å²) in [7, 11) is 1.60. The summed E-state index contributed by atoms with van der Waals surface area (Å²) in [5.41, 5.74) is 1.86. The van der Waals surface area contributed by atoms with Crippen LogP contribution in [0.3, 0.4) is 0 Å². The summed E-state index contributed by atoms with van der Waals surface area (Å²) in [4.78, 5) is 26.2. The molecule has 0 bridgehead atoms. The quantitative estimate of drug-likeness (QED) is 0.738. The van der Waals surface area contributed by atoms with Crippen LogP contribution in [-0.4, -0.2) is 45.0 Å². The summed E-state index contributed by atoms with van der Waals surface area (Å²) >= 11 is 0. The molecule has 148 valence electrons. The Kier molecular flexibility index (Phi) is 6.49. The maximum Gasteiger partial charge on any atom is 0.325 e. The van der Waals surface area contributed by atoms with Gasteiger partial charge in [0.05, 0.1) is 26.4 Å². The Balaban J connectivity index is 1.83. The number of anilines is 1. The minimum Gasteiger partial charge on any atom is -0.497 e. The van der Waals surface area contributed by atoms with Gasteiger partial charge >= 0.3 is 5.97 Å². The van der Waals surface area contributed by atoms with Gasteiger partial charge in [-0.2, -0.15) is 0 Å². The number of ether oxygens (including phenoxy) is 3. The number of methoxy groups -OCH3 is 1. The van der Waals surface area contributed by atoms with Crippen molar-refractivity contribution in [1.82, 2.24) is 5.32 Å². The van der Waals surface area contributed by atoms with Crippen LogP contribution in [0.25, 0.3) is 0 Å². The van der Waals surface area contributed by atoms with Gasteiger partial charge < -0.3 is 24.4 Å². The van der Waals surface area contributed by atoms with Crippen LogP contribution < -0.4 is 15.0 Å². The molecule has 7 nitrogen and oxygen atoms in total. The molecule has 1 fully saturated rings. The van der Waals surface area contributed by atoms with Crippen LogP contribution in [-0.2, 0) is 19.1 Å². The molecule has 1 aliphatic rings. The maximum absolute atomic E-state index is 12.7. The van der Waals surface area contributed by atoms with Gasteiger partial charge in [-0.25, -0.2) is 0 Å². The maximum atomic E-state index is 12.7. The Morgan fingerprint density at radius 1 is 1.14 bits per heavy atom. The van der Waals surface area contributed by atoms with E-state index in [-0.39, 0.29) is 25.1 Å². The largest absolute Gasteiger partial charge is 0.497 e. The summed E-state index contributed by atoms with van der Waals surface area (Å²) < 4.78 is 15.9. The van der Waals surface area contributed by atoms with Crippen LogP contribution in [0.4, 0.5) is 5.69 Å². The van der Waals surface area contributed by atoms with Crippen LogP contribution >= 0.6 is 0 Å². The summed E-state index contributed by atoms with van der Waals surface area (Å²) in [5, 5.41) is 2.60. The Hall–Kier alpha value is -3.06. The lowest BCUT2D eigenvalue weighted by Crippen LogP contribution is -2.46. The first-order valence-electron chi connectivity index (χ1n) is 9.16. The first-order chi connectivity index (χ1) is 13.6. The number of rotatable bonds is 7. The number of hydrogen-bond acceptors (Lipinski definition) is 6. The second-order valence-electron chi connectivity index (χ2n) is 6.24. The van der Waals surface area contributed by atoms with Gasteiger partial charge in [0.15, 0.2) is 0 Å². The van der Waals surface area contributed by atoms with E-state index in [1.807, 2.05) is 59.5 Å². The Morgan fingerprint density at radius 3 is 2.50 bits per heavy atom. The lowest BCUT2D eigenvalue weighted by molar-refractivity contribution is -0.144. The number of hydrogen-bond donors (Lipinski definition) is 1. The minimum absolute atomic E-state index is 0.132. The molecular weight excluding hydrogens is 360 g/mol. The molecule has 2 aromatic rings. The molecule has 7 heteroatoms. The first kappa shape index (κ1) is 19.7. The molecule has 1 amide bonds. The highest BCUT2D eigenvalue weighted by Crippen LogP contribution is 2.36. The molecule has 0 spiro atoms. The number of amides is 1. The second kappa shape index (κ2) is 9.23. The molecule has 1 saturated heterocycles. The monoisotopic (exact) mass is 384 g/mol. The molecule has 2 atom stereocenters. The zero-order chi connectivity index (χ0) is 19.9. The molecule has 0 aliphatic carbocycles. The van der Waals surface area contributed by atoms with Crippen LogP contribution in [0.15, 0.2) is 54.6 Å². The third-order valence-corrected chi connectivity index (χ3v) is 4.49. The standard InChI is InChI=1S/C21H24N2O5/c1-3-27-19(24)13-22-20(25)21-23(16-9-11-17(26-2)12-10-16)18(14-28-21)15-7-5-4-6-8-15/h4-12,18,21H,3,13-14H2,1-2H3,(H,22,25). The van der Waals surface area contributed by atoms with E-state index < -0.39 is 12.2 Å². The van der Waals surface area contributed by atoms with E-state index in [1.54, 1.807) is 14.0 Å². The minimum atomic E-state index is -0.854. The molecular formula is C21H24N2O5. The van der Waals surface area contributed by atoms with Crippen molar-refractivity contribution < 1.29 is 23.8 Å². The van der Waals surface area contributed by atoms with E-state index in [2.05, 4.69) is 5.32 Å². The van der Waals surface area contributed by atoms with Crippen molar-refractivity contribution >= 4 is 17.6 Å². The topological polar surface area (TPSA) is 77.1 Å². The SMILES string of the molecule is CCOC(=O)CNC(=O)C1OCC(c2ccccc2)N1c1ccc(OC)cc1. The van der Waals surface area contributed by atoms with Crippen molar-refractivity contribution in [1.29, 1.82) is 0 Å². The van der Waals surface area contributed by atoms with Gasteiger partial charge in [-0.05, 0) is 36.8 Å². The molecule has 1 heterocycles. The molecule has 0 radical (unpaired) electrons. The predicted molar refractivity (Wildman–Crippen MR) is 104 cm³/mol. The van der Waals surface area contributed by atoms with Crippen molar-refractivity contribution in [3.05, 3.63) is 60.2 Å². The van der Waals surface area contributed by atoms with Gasteiger partial charge in [-0.3, -0.25) is 9.59 Å². The van der Waals surface area contributed by atoms with Gasteiger partial charge in [-0.15, -0.1) is 0 Å². The highest BCUT2D eigenvalue weighted by atomic mass is 16.5. The fraction of sp³-hybridized carbons (Fsp3) is 0.333. The highest BCUT2D eigenvalue weighted by molar-refractivity contribution is 5.87. The van der Waals surface area contributed by atoms with Gasteiger partial charge in [0.25, 0.3) is 5.91 Å². The zero-order valence-electron chi connectivity index (χ0n) is 16.0. The number of benzene rings is 2. The van der Waals surface area contributed by atoms with Gasteiger partial charge in [-0.1, -0.05) is 30.3 Å². The van der Waals surface area contributed by atoms with Crippen LogP contribution in [0.5, 0.6) is 5.75 Å². The highest BCUT2D eigenvalue weighted by Gasteiger charge is 2.40. The van der Waals surface area contributed by atoms with E-state index in [1.165, 1.54) is 0 Å². The lowest BCUT2D eigenvalue weighted by Gasteiger charge is -2.30. The average Bonchev–Trinajstić information content (AvgIpc) is 3.18. The first-order valence-corrected chi connectivity index (χ1v) is 9.16. The second-order valence-corrected chi connectivity index (χ2v) is 6.24. The number of carbonyl (C=O) groups is 2. The average molecular weight is 384 g/mol. The molecule has 0 saturated carbocycles. The third kappa shape index (κ3) is 4.43. The van der Waals surface area contributed by atoms with Crippen molar-refractivity contribution in [2.24, 2.45) is 0 Å². The summed E-state index contributed by atoms with van der Waals surface area (Å²) in [6.45, 7) is 2.14. The molecule has 2 aromatic carbocycles. The fourth-order valence-electron chi connectivity index (χ4n) is 3.17. The van der Waals surface area contributed by atoms with Gasteiger partial charge in [0.2, 0.25) is 6.23 Å². The molecule has 1 aliphatic heterocycles. The molecule has 3 rings (SSSR count). The van der Waals surface area contributed by atoms with Crippen molar-refractivity contribution in [2.45, 2.75) is 19.2 Å². The van der Waals surface area contributed by atoms with E-state index in [9.17, 15) is 9.59 Å². The summed E-state index contributed by atoms with van der Waals surface area (Å²) in [6.07, 6.45) is -0.854. The number of nitrogens with one attached hydrogen (secondary N) is 1. The lowest BCUT2D eigenvalue weighted by atomic mass is 10.1. The summed E-state index contributed by atoms with van der Waals surface area (Å²) in [6, 6.07) is 17.2. The number of esters is 1. The normalized spacial score (nSPS) is 18.6. The van der Waals surface area contributed by atoms with E-state index in [0.29, 0.717) is 6.61 Å². The zero-order valence-corrected chi connectivity index (χ0v) is 16.0. The smallest absolute Gasteiger partial charge is 0.325 e. The molecule has 1 N–H and O–H groups in total. The molecule has 2 unspecified atom stereocenters. The number of nitrogens with zero attached hydrogens (tertiary/aromatic N) is 1. The summed E-state index contributed by atoms with van der Waals surface area (Å²) in [5.74, 6) is -0.143. The van der Waals surface area contributed by atoms with E-state index in [4.69, 9.17) is 14.2 Å². The van der Waals surface area contributed by atoms with E-state index >= 15 is 0 Å². The van der Waals surface area contributed by atoms with Crippen LogP contribution in [0, 0.1) is 0 Å². The van der Waals surface area contributed by atoms with Crippen LogP contribution in [0.2, 0.25) is 0 Å². The Morgan fingerprint density at radius 2 is 1.86 bits per heavy atom. The van der Waals surface area contributed by atoms with Gasteiger partial charge in [0, 0.05) is 5.69 Å². The fourth-order valence-corrected chi connectivity index (χ4v) is 3.17. The van der Waals surface area contributed by atoms with Crippen molar-refractivity contribution in [3.8, 4) is 5.75 Å². The molecule has 28 heavy (non-hydrogen) atoms. The van der Waals surface area contributed by atoms with E-state index in [0.717, 1.165) is 17.0 Å².